The summed E-state index contributed by atoms with van der Waals surface area (Å²) in [5, 5.41) is 0.965. The number of hydrogen-bond donors (Lipinski definition) is 0. The number of nitrogens with zero attached hydrogens (tertiary/aromatic N) is 2. The molecule has 0 aromatic carbocycles. The average Bonchev–Trinajstić information content (AvgIpc) is 2.37. The maximum absolute atomic E-state index is 11.9. The normalized spacial score (nSPS) is 10.2. The minimum absolute atomic E-state index is 0.221. The van der Waals surface area contributed by atoms with E-state index in [2.05, 4.69) is 20.9 Å². The van der Waals surface area contributed by atoms with Crippen molar-refractivity contribution in [3.63, 3.8) is 0 Å². The number of pyridine rings is 1. The van der Waals surface area contributed by atoms with Crippen LogP contribution in [0.5, 0.6) is 0 Å². The number of rotatable bonds is 7. The summed E-state index contributed by atoms with van der Waals surface area (Å²) in [4.78, 5) is 18.0. The first-order valence-electron chi connectivity index (χ1n) is 6.01. The Kier molecular flexibility index (Phi) is 6.86. The minimum Gasteiger partial charge on any atom is -0.337 e. The van der Waals surface area contributed by atoms with Crippen molar-refractivity contribution in [3.05, 3.63) is 30.1 Å². The second-order valence-electron chi connectivity index (χ2n) is 3.88. The Balaban J connectivity index is 2.45. The molecule has 1 heterocycles. The summed E-state index contributed by atoms with van der Waals surface area (Å²) in [6, 6.07) is 5.79. The summed E-state index contributed by atoms with van der Waals surface area (Å²) < 4.78 is 0. The molecule has 1 aromatic heterocycles. The molecular formula is C13H19BrN2O. The molecule has 0 unspecified atom stereocenters. The molecule has 94 valence electrons. The maximum atomic E-state index is 11.9. The molecule has 1 rings (SSSR count). The van der Waals surface area contributed by atoms with Crippen LogP contribution >= 0.6 is 15.9 Å². The van der Waals surface area contributed by atoms with Crippen LogP contribution in [-0.2, 0) is 11.3 Å². The summed E-state index contributed by atoms with van der Waals surface area (Å²) in [5.41, 5.74) is 0.947. The van der Waals surface area contributed by atoms with Crippen molar-refractivity contribution in [3.8, 4) is 0 Å². The Hall–Kier alpha value is -0.900. The van der Waals surface area contributed by atoms with E-state index in [0.29, 0.717) is 13.0 Å². The van der Waals surface area contributed by atoms with Crippen LogP contribution in [0.3, 0.4) is 0 Å². The van der Waals surface area contributed by atoms with Gasteiger partial charge in [0.05, 0.1) is 12.2 Å². The molecule has 0 aliphatic rings. The van der Waals surface area contributed by atoms with Gasteiger partial charge in [-0.05, 0) is 31.9 Å². The van der Waals surface area contributed by atoms with Gasteiger partial charge in [-0.15, -0.1) is 0 Å². The van der Waals surface area contributed by atoms with Gasteiger partial charge in [0, 0.05) is 24.5 Å². The monoisotopic (exact) mass is 298 g/mol. The quantitative estimate of drug-likeness (QED) is 0.573. The molecule has 0 bridgehead atoms. The fraction of sp³-hybridized carbons (Fsp3) is 0.538. The SMILES string of the molecule is CCN(Cc1ccccn1)C(=O)CCCCBr. The van der Waals surface area contributed by atoms with Crippen molar-refractivity contribution in [2.75, 3.05) is 11.9 Å². The third-order valence-electron chi connectivity index (χ3n) is 2.59. The molecule has 0 aliphatic heterocycles. The first-order valence-corrected chi connectivity index (χ1v) is 7.13. The number of aromatic nitrogens is 1. The predicted molar refractivity (Wildman–Crippen MR) is 73.0 cm³/mol. The molecule has 0 atom stereocenters. The molecule has 0 radical (unpaired) electrons. The van der Waals surface area contributed by atoms with Gasteiger partial charge in [0.15, 0.2) is 0 Å². The smallest absolute Gasteiger partial charge is 0.222 e. The number of carbonyl (C=O) groups excluding carboxylic acids is 1. The van der Waals surface area contributed by atoms with Gasteiger partial charge in [-0.2, -0.15) is 0 Å². The van der Waals surface area contributed by atoms with E-state index in [1.807, 2.05) is 30.0 Å². The Labute approximate surface area is 111 Å². The summed E-state index contributed by atoms with van der Waals surface area (Å²) in [5.74, 6) is 0.221. The maximum Gasteiger partial charge on any atom is 0.222 e. The molecule has 4 heteroatoms. The van der Waals surface area contributed by atoms with Crippen LogP contribution in [0.15, 0.2) is 24.4 Å². The van der Waals surface area contributed by atoms with Gasteiger partial charge in [0.1, 0.15) is 0 Å². The molecule has 0 saturated heterocycles. The van der Waals surface area contributed by atoms with Crippen LogP contribution in [-0.4, -0.2) is 27.7 Å². The third-order valence-corrected chi connectivity index (χ3v) is 3.15. The number of carbonyl (C=O) groups is 1. The molecular weight excluding hydrogens is 280 g/mol. The second kappa shape index (κ2) is 8.23. The molecule has 0 spiro atoms. The highest BCUT2D eigenvalue weighted by molar-refractivity contribution is 9.09. The van der Waals surface area contributed by atoms with Gasteiger partial charge in [-0.1, -0.05) is 22.0 Å². The van der Waals surface area contributed by atoms with Crippen LogP contribution < -0.4 is 0 Å². The van der Waals surface area contributed by atoms with Gasteiger partial charge in [0.2, 0.25) is 5.91 Å². The van der Waals surface area contributed by atoms with E-state index in [0.717, 1.165) is 30.4 Å². The van der Waals surface area contributed by atoms with E-state index in [1.54, 1.807) is 6.20 Å². The molecule has 1 aromatic rings. The van der Waals surface area contributed by atoms with E-state index < -0.39 is 0 Å². The zero-order valence-electron chi connectivity index (χ0n) is 10.2. The zero-order chi connectivity index (χ0) is 12.5. The molecule has 0 fully saturated rings. The standard InChI is InChI=1S/C13H19BrN2O/c1-2-16(13(17)8-3-5-9-14)11-12-7-4-6-10-15-12/h4,6-7,10H,2-3,5,8-9,11H2,1H3. The molecule has 0 saturated carbocycles. The third kappa shape index (κ3) is 5.31. The van der Waals surface area contributed by atoms with Crippen molar-refractivity contribution in [1.29, 1.82) is 0 Å². The van der Waals surface area contributed by atoms with Crippen molar-refractivity contribution in [1.82, 2.24) is 9.88 Å². The molecule has 0 N–H and O–H groups in total. The first kappa shape index (κ1) is 14.2. The molecule has 1 amide bonds. The summed E-state index contributed by atoms with van der Waals surface area (Å²) >= 11 is 3.37. The molecule has 17 heavy (non-hydrogen) atoms. The Morgan fingerprint density at radius 2 is 2.24 bits per heavy atom. The van der Waals surface area contributed by atoms with Crippen LogP contribution in [0.25, 0.3) is 0 Å². The van der Waals surface area contributed by atoms with Crippen molar-refractivity contribution in [2.24, 2.45) is 0 Å². The van der Waals surface area contributed by atoms with Crippen LogP contribution in [0.1, 0.15) is 31.9 Å². The van der Waals surface area contributed by atoms with Crippen LogP contribution in [0.4, 0.5) is 0 Å². The Bertz CT molecular complexity index is 329. The highest BCUT2D eigenvalue weighted by atomic mass is 79.9. The fourth-order valence-corrected chi connectivity index (χ4v) is 1.99. The Morgan fingerprint density at radius 1 is 1.41 bits per heavy atom. The lowest BCUT2D eigenvalue weighted by atomic mass is 10.2. The van der Waals surface area contributed by atoms with E-state index in [1.165, 1.54) is 0 Å². The number of unbranched alkanes of at least 4 members (excludes halogenated alkanes) is 1. The van der Waals surface area contributed by atoms with Gasteiger partial charge in [-0.25, -0.2) is 0 Å². The van der Waals surface area contributed by atoms with E-state index in [9.17, 15) is 4.79 Å². The number of alkyl halides is 1. The number of hydrogen-bond acceptors (Lipinski definition) is 2. The largest absolute Gasteiger partial charge is 0.337 e. The number of halogens is 1. The summed E-state index contributed by atoms with van der Waals surface area (Å²) in [6.07, 6.45) is 4.39. The minimum atomic E-state index is 0.221. The first-order chi connectivity index (χ1) is 8.27. The molecule has 3 nitrogen and oxygen atoms in total. The van der Waals surface area contributed by atoms with Gasteiger partial charge < -0.3 is 4.90 Å². The van der Waals surface area contributed by atoms with Gasteiger partial charge in [-0.3, -0.25) is 9.78 Å². The highest BCUT2D eigenvalue weighted by Gasteiger charge is 2.11. The predicted octanol–water partition coefficient (Wildman–Crippen LogP) is 3.00. The molecule has 0 aliphatic carbocycles. The van der Waals surface area contributed by atoms with Crippen LogP contribution in [0, 0.1) is 0 Å². The zero-order valence-corrected chi connectivity index (χ0v) is 11.8. The van der Waals surface area contributed by atoms with Crippen molar-refractivity contribution < 1.29 is 4.79 Å². The van der Waals surface area contributed by atoms with Gasteiger partial charge in [0.25, 0.3) is 0 Å². The summed E-state index contributed by atoms with van der Waals surface area (Å²) in [6.45, 7) is 3.36. The second-order valence-corrected chi connectivity index (χ2v) is 4.67. The van der Waals surface area contributed by atoms with E-state index in [4.69, 9.17) is 0 Å². The summed E-state index contributed by atoms with van der Waals surface area (Å²) in [7, 11) is 0. The lowest BCUT2D eigenvalue weighted by Gasteiger charge is -2.20. The van der Waals surface area contributed by atoms with E-state index >= 15 is 0 Å². The van der Waals surface area contributed by atoms with Crippen molar-refractivity contribution >= 4 is 21.8 Å². The van der Waals surface area contributed by atoms with E-state index in [-0.39, 0.29) is 5.91 Å². The lowest BCUT2D eigenvalue weighted by Crippen LogP contribution is -2.30. The fourth-order valence-electron chi connectivity index (χ4n) is 1.59. The lowest BCUT2D eigenvalue weighted by molar-refractivity contribution is -0.131. The van der Waals surface area contributed by atoms with Crippen LogP contribution in [0.2, 0.25) is 0 Å². The average molecular weight is 299 g/mol. The van der Waals surface area contributed by atoms with Gasteiger partial charge >= 0.3 is 0 Å². The topological polar surface area (TPSA) is 33.2 Å². The number of amides is 1. The Morgan fingerprint density at radius 3 is 2.82 bits per heavy atom. The highest BCUT2D eigenvalue weighted by Crippen LogP contribution is 2.06. The van der Waals surface area contributed by atoms with Crippen molar-refractivity contribution in [2.45, 2.75) is 32.7 Å².